The molecule has 0 spiro atoms. The second kappa shape index (κ2) is 5.73. The highest BCUT2D eigenvalue weighted by Crippen LogP contribution is 2.15. The Labute approximate surface area is 105 Å². The van der Waals surface area contributed by atoms with Gasteiger partial charge in [-0.1, -0.05) is 0 Å². The molecule has 3 nitrogen and oxygen atoms in total. The lowest BCUT2D eigenvalue weighted by molar-refractivity contribution is 0.108. The van der Waals surface area contributed by atoms with Crippen molar-refractivity contribution in [2.45, 2.75) is 37.5 Å². The molecule has 100 valence electrons. The van der Waals surface area contributed by atoms with Crippen LogP contribution in [0.15, 0.2) is 18.2 Å². The van der Waals surface area contributed by atoms with Gasteiger partial charge in [0.05, 0.1) is 6.10 Å². The first-order valence-electron chi connectivity index (χ1n) is 6.18. The van der Waals surface area contributed by atoms with Crippen LogP contribution >= 0.6 is 0 Å². The molecule has 0 amide bonds. The van der Waals surface area contributed by atoms with Crippen molar-refractivity contribution in [1.29, 1.82) is 0 Å². The molecule has 1 aromatic rings. The highest BCUT2D eigenvalue weighted by Gasteiger charge is 2.27. The lowest BCUT2D eigenvalue weighted by Crippen LogP contribution is -2.48. The summed E-state index contributed by atoms with van der Waals surface area (Å²) in [5.74, 6) is -1.24. The molecule has 0 aliphatic carbocycles. The van der Waals surface area contributed by atoms with E-state index < -0.39 is 23.8 Å². The third-order valence-electron chi connectivity index (χ3n) is 3.34. The minimum absolute atomic E-state index is 0.0154. The smallest absolute Gasteiger partial charge is 0.126 e. The first-order valence-corrected chi connectivity index (χ1v) is 6.18. The Kier molecular flexibility index (Phi) is 4.27. The van der Waals surface area contributed by atoms with Crippen LogP contribution in [0.4, 0.5) is 8.78 Å². The maximum atomic E-state index is 13.0. The average molecular weight is 256 g/mol. The van der Waals surface area contributed by atoms with Crippen molar-refractivity contribution in [2.24, 2.45) is 5.73 Å². The molecular weight excluding hydrogens is 238 g/mol. The van der Waals surface area contributed by atoms with E-state index in [-0.39, 0.29) is 12.5 Å². The number of hydrogen-bond donors (Lipinski definition) is 3. The number of hydrogen-bond acceptors (Lipinski definition) is 3. The van der Waals surface area contributed by atoms with Crippen molar-refractivity contribution < 1.29 is 13.9 Å². The van der Waals surface area contributed by atoms with Gasteiger partial charge in [-0.3, -0.25) is 0 Å². The van der Waals surface area contributed by atoms with E-state index in [1.54, 1.807) is 0 Å². The van der Waals surface area contributed by atoms with E-state index in [2.05, 4.69) is 5.32 Å². The molecule has 3 unspecified atom stereocenters. The van der Waals surface area contributed by atoms with Crippen LogP contribution in [0.3, 0.4) is 0 Å². The number of nitrogens with one attached hydrogen (secondary N) is 1. The number of aliphatic hydroxyl groups is 1. The van der Waals surface area contributed by atoms with Gasteiger partial charge in [0.2, 0.25) is 0 Å². The van der Waals surface area contributed by atoms with Gasteiger partial charge in [0.15, 0.2) is 0 Å². The molecule has 1 aliphatic rings. The Morgan fingerprint density at radius 3 is 2.56 bits per heavy atom. The molecule has 1 aromatic carbocycles. The Morgan fingerprint density at radius 2 is 2.00 bits per heavy atom. The van der Waals surface area contributed by atoms with E-state index in [1.807, 2.05) is 0 Å². The molecule has 0 radical (unpaired) electrons. The summed E-state index contributed by atoms with van der Waals surface area (Å²) in [7, 11) is 0. The van der Waals surface area contributed by atoms with Gasteiger partial charge in [0.1, 0.15) is 11.6 Å². The summed E-state index contributed by atoms with van der Waals surface area (Å²) >= 11 is 0. The van der Waals surface area contributed by atoms with Crippen molar-refractivity contribution in [2.75, 3.05) is 6.54 Å². The molecule has 1 heterocycles. The fraction of sp³-hybridized carbons (Fsp3) is 0.538. The molecule has 0 bridgehead atoms. The fourth-order valence-electron chi connectivity index (χ4n) is 2.42. The molecule has 4 N–H and O–H groups in total. The summed E-state index contributed by atoms with van der Waals surface area (Å²) < 4.78 is 26.0. The van der Waals surface area contributed by atoms with Gasteiger partial charge in [-0.2, -0.15) is 0 Å². The molecular formula is C13H18F2N2O. The van der Waals surface area contributed by atoms with Gasteiger partial charge in [-0.25, -0.2) is 8.78 Å². The summed E-state index contributed by atoms with van der Waals surface area (Å²) in [4.78, 5) is 0. The highest BCUT2D eigenvalue weighted by molar-refractivity contribution is 5.19. The molecule has 1 saturated heterocycles. The van der Waals surface area contributed by atoms with E-state index >= 15 is 0 Å². The van der Waals surface area contributed by atoms with E-state index in [1.165, 1.54) is 12.1 Å². The zero-order valence-corrected chi connectivity index (χ0v) is 10.1. The SMILES string of the molecule is NC(Cc1cc(F)cc(F)c1)C(O)C1CCCN1. The van der Waals surface area contributed by atoms with Crippen LogP contribution in [-0.2, 0) is 6.42 Å². The minimum Gasteiger partial charge on any atom is -0.390 e. The van der Waals surface area contributed by atoms with E-state index in [9.17, 15) is 13.9 Å². The Bertz CT molecular complexity index is 388. The first kappa shape index (κ1) is 13.4. The van der Waals surface area contributed by atoms with Gasteiger partial charge >= 0.3 is 0 Å². The Hall–Kier alpha value is -1.04. The molecule has 0 saturated carbocycles. The van der Waals surface area contributed by atoms with Crippen LogP contribution in [0.25, 0.3) is 0 Å². The Morgan fingerprint density at radius 1 is 1.33 bits per heavy atom. The van der Waals surface area contributed by atoms with Crippen molar-refractivity contribution >= 4 is 0 Å². The molecule has 3 atom stereocenters. The largest absolute Gasteiger partial charge is 0.390 e. The second-order valence-electron chi connectivity index (χ2n) is 4.84. The topological polar surface area (TPSA) is 58.3 Å². The summed E-state index contributed by atoms with van der Waals surface area (Å²) in [5, 5.41) is 13.2. The highest BCUT2D eigenvalue weighted by atomic mass is 19.1. The molecule has 2 rings (SSSR count). The summed E-state index contributed by atoms with van der Waals surface area (Å²) in [6.07, 6.45) is 1.46. The van der Waals surface area contributed by atoms with Gasteiger partial charge in [-0.05, 0) is 43.5 Å². The number of nitrogens with two attached hydrogens (primary N) is 1. The first-order chi connectivity index (χ1) is 8.56. The van der Waals surface area contributed by atoms with Crippen LogP contribution in [0.5, 0.6) is 0 Å². The second-order valence-corrected chi connectivity index (χ2v) is 4.84. The predicted molar refractivity (Wildman–Crippen MR) is 65.1 cm³/mol. The fourth-order valence-corrected chi connectivity index (χ4v) is 2.42. The van der Waals surface area contributed by atoms with Crippen LogP contribution in [0.2, 0.25) is 0 Å². The normalized spacial score (nSPS) is 23.0. The van der Waals surface area contributed by atoms with E-state index in [4.69, 9.17) is 5.73 Å². The van der Waals surface area contributed by atoms with Gasteiger partial charge in [-0.15, -0.1) is 0 Å². The summed E-state index contributed by atoms with van der Waals surface area (Å²) in [5.41, 5.74) is 6.36. The van der Waals surface area contributed by atoms with Crippen molar-refractivity contribution in [3.63, 3.8) is 0 Å². The monoisotopic (exact) mass is 256 g/mol. The molecule has 5 heteroatoms. The minimum atomic E-state index is -0.696. The molecule has 0 aromatic heterocycles. The number of benzene rings is 1. The summed E-state index contributed by atoms with van der Waals surface area (Å²) in [6, 6.07) is 2.78. The molecule has 18 heavy (non-hydrogen) atoms. The zero-order valence-electron chi connectivity index (χ0n) is 10.1. The predicted octanol–water partition coefficient (Wildman–Crippen LogP) is 0.947. The lowest BCUT2D eigenvalue weighted by Gasteiger charge is -2.24. The van der Waals surface area contributed by atoms with Crippen LogP contribution in [-0.4, -0.2) is 29.8 Å². The van der Waals surface area contributed by atoms with Gasteiger partial charge in [0, 0.05) is 18.2 Å². The third-order valence-corrected chi connectivity index (χ3v) is 3.34. The van der Waals surface area contributed by atoms with E-state index in [0.717, 1.165) is 25.5 Å². The van der Waals surface area contributed by atoms with Crippen molar-refractivity contribution in [3.8, 4) is 0 Å². The van der Waals surface area contributed by atoms with Gasteiger partial charge < -0.3 is 16.2 Å². The Balaban J connectivity index is 1.99. The summed E-state index contributed by atoms with van der Waals surface area (Å²) in [6.45, 7) is 0.878. The lowest BCUT2D eigenvalue weighted by atomic mass is 9.96. The average Bonchev–Trinajstić information content (AvgIpc) is 2.79. The number of aliphatic hydroxyl groups excluding tert-OH is 1. The number of rotatable bonds is 4. The maximum absolute atomic E-state index is 13.0. The number of halogens is 2. The van der Waals surface area contributed by atoms with Crippen LogP contribution in [0, 0.1) is 11.6 Å². The molecule has 1 aliphatic heterocycles. The van der Waals surface area contributed by atoms with Crippen molar-refractivity contribution in [1.82, 2.24) is 5.32 Å². The third kappa shape index (κ3) is 3.25. The van der Waals surface area contributed by atoms with Crippen LogP contribution in [0.1, 0.15) is 18.4 Å². The van der Waals surface area contributed by atoms with E-state index in [0.29, 0.717) is 5.56 Å². The standard InChI is InChI=1S/C13H18F2N2O/c14-9-4-8(5-10(15)7-9)6-11(16)13(18)12-2-1-3-17-12/h4-5,7,11-13,17-18H,1-3,6,16H2. The maximum Gasteiger partial charge on any atom is 0.126 e. The van der Waals surface area contributed by atoms with Gasteiger partial charge in [0.25, 0.3) is 0 Å². The van der Waals surface area contributed by atoms with Crippen molar-refractivity contribution in [3.05, 3.63) is 35.4 Å². The quantitative estimate of drug-likeness (QED) is 0.751. The molecule has 1 fully saturated rings. The zero-order chi connectivity index (χ0) is 13.1. The van der Waals surface area contributed by atoms with Crippen LogP contribution < -0.4 is 11.1 Å².